The summed E-state index contributed by atoms with van der Waals surface area (Å²) in [6.07, 6.45) is -0.140. The van der Waals surface area contributed by atoms with E-state index in [1.54, 1.807) is 13.8 Å². The molecular formula is C8H9ClN2O2. The molecule has 0 amide bonds. The molecule has 13 heavy (non-hydrogen) atoms. The third-order valence-electron chi connectivity index (χ3n) is 1.60. The third kappa shape index (κ3) is 2.39. The van der Waals surface area contributed by atoms with Crippen molar-refractivity contribution < 1.29 is 9.90 Å². The monoisotopic (exact) mass is 200 g/mol. The van der Waals surface area contributed by atoms with E-state index >= 15 is 0 Å². The topological polar surface area (TPSA) is 63.1 Å². The Labute approximate surface area is 80.6 Å². The highest BCUT2D eigenvalue weighted by Gasteiger charge is 2.09. The summed E-state index contributed by atoms with van der Waals surface area (Å²) in [5.74, 6) is -0.933. The van der Waals surface area contributed by atoms with Gasteiger partial charge in [0.25, 0.3) is 0 Å². The minimum absolute atomic E-state index is 0.140. The number of rotatable bonds is 2. The smallest absolute Gasteiger partial charge is 0.309 e. The molecule has 0 radical (unpaired) electrons. The summed E-state index contributed by atoms with van der Waals surface area (Å²) in [5.41, 5.74) is 1.65. The Kier molecular flexibility index (Phi) is 2.83. The molecular weight excluding hydrogens is 192 g/mol. The summed E-state index contributed by atoms with van der Waals surface area (Å²) in [6, 6.07) is 0. The Bertz CT molecular complexity index is 352. The van der Waals surface area contributed by atoms with Gasteiger partial charge in [-0.05, 0) is 13.8 Å². The molecule has 0 aromatic carbocycles. The first-order valence-electron chi connectivity index (χ1n) is 3.72. The van der Waals surface area contributed by atoms with Crippen LogP contribution in [0.2, 0.25) is 5.15 Å². The van der Waals surface area contributed by atoms with Gasteiger partial charge in [-0.1, -0.05) is 11.6 Å². The van der Waals surface area contributed by atoms with Crippen LogP contribution in [0.15, 0.2) is 0 Å². The average molecular weight is 201 g/mol. The molecule has 1 aromatic rings. The second kappa shape index (κ2) is 3.70. The fourth-order valence-electron chi connectivity index (χ4n) is 0.953. The van der Waals surface area contributed by atoms with Crippen molar-refractivity contribution >= 4 is 17.6 Å². The molecule has 0 bridgehead atoms. The highest BCUT2D eigenvalue weighted by Crippen LogP contribution is 2.12. The highest BCUT2D eigenvalue weighted by atomic mass is 35.5. The molecule has 5 heteroatoms. The van der Waals surface area contributed by atoms with E-state index in [9.17, 15) is 4.79 Å². The van der Waals surface area contributed by atoms with Gasteiger partial charge in [0.05, 0.1) is 23.5 Å². The number of hydrogen-bond donors (Lipinski definition) is 1. The molecule has 1 heterocycles. The van der Waals surface area contributed by atoms with E-state index in [0.29, 0.717) is 17.1 Å². The van der Waals surface area contributed by atoms with Gasteiger partial charge in [0.15, 0.2) is 5.15 Å². The Hall–Kier alpha value is -1.16. The number of aryl methyl sites for hydroxylation is 2. The van der Waals surface area contributed by atoms with Gasteiger partial charge in [-0.15, -0.1) is 0 Å². The van der Waals surface area contributed by atoms with Crippen LogP contribution in [-0.2, 0) is 11.2 Å². The molecule has 1 aromatic heterocycles. The maximum absolute atomic E-state index is 10.4. The zero-order valence-corrected chi connectivity index (χ0v) is 8.09. The number of aromatic nitrogens is 2. The van der Waals surface area contributed by atoms with Crippen molar-refractivity contribution in [1.82, 2.24) is 9.97 Å². The van der Waals surface area contributed by atoms with Crippen LogP contribution < -0.4 is 0 Å². The average Bonchev–Trinajstić information content (AvgIpc) is 1.99. The Morgan fingerprint density at radius 1 is 1.38 bits per heavy atom. The van der Waals surface area contributed by atoms with Crippen molar-refractivity contribution in [3.05, 3.63) is 22.2 Å². The largest absolute Gasteiger partial charge is 0.481 e. The molecule has 0 saturated heterocycles. The lowest BCUT2D eigenvalue weighted by Gasteiger charge is -2.03. The van der Waals surface area contributed by atoms with Crippen molar-refractivity contribution in [2.45, 2.75) is 20.3 Å². The first-order valence-corrected chi connectivity index (χ1v) is 4.10. The quantitative estimate of drug-likeness (QED) is 0.783. The van der Waals surface area contributed by atoms with Crippen molar-refractivity contribution in [3.63, 3.8) is 0 Å². The first kappa shape index (κ1) is 9.92. The summed E-state index contributed by atoms with van der Waals surface area (Å²) < 4.78 is 0. The van der Waals surface area contributed by atoms with E-state index < -0.39 is 5.97 Å². The Morgan fingerprint density at radius 2 is 2.00 bits per heavy atom. The molecule has 0 aliphatic rings. The van der Waals surface area contributed by atoms with Gasteiger partial charge in [-0.25, -0.2) is 4.98 Å². The first-order chi connectivity index (χ1) is 6.00. The molecule has 70 valence electrons. The van der Waals surface area contributed by atoms with E-state index in [1.807, 2.05) is 0 Å². The fourth-order valence-corrected chi connectivity index (χ4v) is 1.10. The standard InChI is InChI=1S/C8H9ClN2O2/c1-4-6(3-7(12)13)11-8(9)5(2)10-4/h3H2,1-2H3,(H,12,13). The second-order valence-electron chi connectivity index (χ2n) is 2.70. The lowest BCUT2D eigenvalue weighted by atomic mass is 10.2. The number of aliphatic carboxylic acids is 1. The molecule has 0 unspecified atom stereocenters. The van der Waals surface area contributed by atoms with Gasteiger partial charge in [0.1, 0.15) is 0 Å². The normalized spacial score (nSPS) is 10.1. The number of carboxylic acid groups (broad SMARTS) is 1. The van der Waals surface area contributed by atoms with Gasteiger partial charge in [0.2, 0.25) is 0 Å². The number of carbonyl (C=O) groups is 1. The minimum atomic E-state index is -0.933. The van der Waals surface area contributed by atoms with Crippen LogP contribution in [0.3, 0.4) is 0 Å². The van der Waals surface area contributed by atoms with Gasteiger partial charge in [0, 0.05) is 0 Å². The van der Waals surface area contributed by atoms with E-state index in [0.717, 1.165) is 0 Å². The second-order valence-corrected chi connectivity index (χ2v) is 3.06. The van der Waals surface area contributed by atoms with Crippen LogP contribution in [0.4, 0.5) is 0 Å². The SMILES string of the molecule is Cc1nc(C)c(CC(=O)O)nc1Cl. The van der Waals surface area contributed by atoms with Crippen molar-refractivity contribution in [2.24, 2.45) is 0 Å². The Morgan fingerprint density at radius 3 is 2.54 bits per heavy atom. The number of hydrogen-bond acceptors (Lipinski definition) is 3. The lowest BCUT2D eigenvalue weighted by molar-refractivity contribution is -0.136. The number of halogens is 1. The van der Waals surface area contributed by atoms with Gasteiger partial charge >= 0.3 is 5.97 Å². The summed E-state index contributed by atoms with van der Waals surface area (Å²) in [6.45, 7) is 3.45. The van der Waals surface area contributed by atoms with Gasteiger partial charge < -0.3 is 5.11 Å². The predicted molar refractivity (Wildman–Crippen MR) is 47.9 cm³/mol. The van der Waals surface area contributed by atoms with Crippen LogP contribution in [0.25, 0.3) is 0 Å². The molecule has 1 rings (SSSR count). The predicted octanol–water partition coefficient (Wildman–Crippen LogP) is 1.37. The van der Waals surface area contributed by atoms with Crippen molar-refractivity contribution in [1.29, 1.82) is 0 Å². The minimum Gasteiger partial charge on any atom is -0.481 e. The van der Waals surface area contributed by atoms with Crippen LogP contribution in [-0.4, -0.2) is 21.0 Å². The Balaban J connectivity index is 3.08. The summed E-state index contributed by atoms with van der Waals surface area (Å²) in [7, 11) is 0. The van der Waals surface area contributed by atoms with E-state index in [-0.39, 0.29) is 11.6 Å². The maximum atomic E-state index is 10.4. The molecule has 0 aliphatic carbocycles. The van der Waals surface area contributed by atoms with Gasteiger partial charge in [-0.2, -0.15) is 0 Å². The molecule has 0 fully saturated rings. The number of nitrogens with zero attached hydrogens (tertiary/aromatic N) is 2. The van der Waals surface area contributed by atoms with Crippen LogP contribution >= 0.6 is 11.6 Å². The molecule has 4 nitrogen and oxygen atoms in total. The highest BCUT2D eigenvalue weighted by molar-refractivity contribution is 6.30. The molecule has 0 spiro atoms. The van der Waals surface area contributed by atoms with E-state index in [2.05, 4.69) is 9.97 Å². The van der Waals surface area contributed by atoms with Crippen molar-refractivity contribution in [3.8, 4) is 0 Å². The summed E-state index contributed by atoms with van der Waals surface area (Å²) in [5, 5.41) is 8.81. The van der Waals surface area contributed by atoms with Gasteiger partial charge in [-0.3, -0.25) is 9.78 Å². The lowest BCUT2D eigenvalue weighted by Crippen LogP contribution is -2.07. The third-order valence-corrected chi connectivity index (χ3v) is 1.96. The van der Waals surface area contributed by atoms with Crippen LogP contribution in [0.1, 0.15) is 17.1 Å². The number of carboxylic acids is 1. The molecule has 0 atom stereocenters. The zero-order valence-electron chi connectivity index (χ0n) is 7.33. The molecule has 0 saturated carbocycles. The van der Waals surface area contributed by atoms with Crippen molar-refractivity contribution in [2.75, 3.05) is 0 Å². The van der Waals surface area contributed by atoms with E-state index in [4.69, 9.17) is 16.7 Å². The molecule has 1 N–H and O–H groups in total. The molecule has 0 aliphatic heterocycles. The zero-order chi connectivity index (χ0) is 10.0. The summed E-state index contributed by atoms with van der Waals surface area (Å²) >= 11 is 5.70. The fraction of sp³-hybridized carbons (Fsp3) is 0.375. The van der Waals surface area contributed by atoms with E-state index in [1.165, 1.54) is 0 Å². The maximum Gasteiger partial charge on any atom is 0.309 e. The summed E-state index contributed by atoms with van der Waals surface area (Å²) in [4.78, 5) is 18.4. The van der Waals surface area contributed by atoms with Crippen LogP contribution in [0.5, 0.6) is 0 Å². The van der Waals surface area contributed by atoms with Crippen LogP contribution in [0, 0.1) is 13.8 Å².